The Balaban J connectivity index is 0.00000264. The van der Waals surface area contributed by atoms with Crippen LogP contribution < -0.4 is 11.5 Å². The number of nitrogens with two attached hydrogens (primary N) is 2. The van der Waals surface area contributed by atoms with Crippen molar-refractivity contribution in [3.8, 4) is 0 Å². The molecule has 2 rings (SSSR count). The highest BCUT2D eigenvalue weighted by atomic mass is 35.5. The van der Waals surface area contributed by atoms with Gasteiger partial charge in [0.1, 0.15) is 5.84 Å². The lowest BCUT2D eigenvalue weighted by Gasteiger charge is -1.98. The summed E-state index contributed by atoms with van der Waals surface area (Å²) >= 11 is 1.56. The molecule has 0 aliphatic rings. The molecule has 0 saturated heterocycles. The van der Waals surface area contributed by atoms with Crippen LogP contribution in [0.4, 0.5) is 0 Å². The van der Waals surface area contributed by atoms with E-state index in [1.54, 1.807) is 11.3 Å². The zero-order valence-electron chi connectivity index (χ0n) is 13.4. The highest BCUT2D eigenvalue weighted by molar-refractivity contribution is 7.20. The van der Waals surface area contributed by atoms with E-state index in [1.165, 1.54) is 5.56 Å². The molecule has 0 aliphatic carbocycles. The summed E-state index contributed by atoms with van der Waals surface area (Å²) in [5.41, 5.74) is 12.1. The molecule has 0 radical (unpaired) electrons. The van der Waals surface area contributed by atoms with Crippen molar-refractivity contribution in [1.82, 2.24) is 0 Å². The second-order valence-corrected chi connectivity index (χ2v) is 6.39. The van der Waals surface area contributed by atoms with Gasteiger partial charge in [0, 0.05) is 16.5 Å². The number of nitrogens with one attached hydrogen (secondary N) is 2. The molecule has 6 N–H and O–H groups in total. The van der Waals surface area contributed by atoms with Crippen LogP contribution in [-0.4, -0.2) is 11.7 Å². The van der Waals surface area contributed by atoms with E-state index in [2.05, 4.69) is 24.3 Å². The van der Waals surface area contributed by atoms with Gasteiger partial charge in [-0.3, -0.25) is 10.8 Å². The van der Waals surface area contributed by atoms with E-state index < -0.39 is 0 Å². The van der Waals surface area contributed by atoms with Gasteiger partial charge in [-0.1, -0.05) is 30.7 Å². The molecule has 7 heteroatoms. The van der Waals surface area contributed by atoms with Gasteiger partial charge in [-0.25, -0.2) is 0 Å². The minimum atomic E-state index is 0. The number of hydrogen-bond donors (Lipinski definition) is 4. The summed E-state index contributed by atoms with van der Waals surface area (Å²) in [6, 6.07) is 8.18. The molecule has 4 nitrogen and oxygen atoms in total. The Bertz CT molecular complexity index is 710. The predicted molar refractivity (Wildman–Crippen MR) is 111 cm³/mol. The maximum Gasteiger partial charge on any atom is 0.133 e. The van der Waals surface area contributed by atoms with Crippen molar-refractivity contribution in [2.75, 3.05) is 0 Å². The first-order chi connectivity index (χ1) is 10.6. The molecule has 0 atom stereocenters. The van der Waals surface area contributed by atoms with Crippen LogP contribution in [0.5, 0.6) is 0 Å². The van der Waals surface area contributed by atoms with Gasteiger partial charge >= 0.3 is 0 Å². The van der Waals surface area contributed by atoms with Gasteiger partial charge in [-0.05, 0) is 37.0 Å². The van der Waals surface area contributed by atoms with E-state index in [4.69, 9.17) is 22.3 Å². The molecule has 1 heterocycles. The molecule has 132 valence electrons. The van der Waals surface area contributed by atoms with E-state index in [0.717, 1.165) is 40.6 Å². The first-order valence-electron chi connectivity index (χ1n) is 7.44. The fourth-order valence-corrected chi connectivity index (χ4v) is 3.28. The van der Waals surface area contributed by atoms with Gasteiger partial charge in [-0.2, -0.15) is 0 Å². The molecule has 0 unspecified atom stereocenters. The number of amidine groups is 2. The molecule has 1 aromatic carbocycles. The first kappa shape index (κ1) is 22.4. The zero-order chi connectivity index (χ0) is 15.9. The summed E-state index contributed by atoms with van der Waals surface area (Å²) < 4.78 is 1.16. The third kappa shape index (κ3) is 6.51. The second kappa shape index (κ2) is 11.1. The zero-order valence-corrected chi connectivity index (χ0v) is 15.8. The van der Waals surface area contributed by atoms with Crippen LogP contribution in [0.3, 0.4) is 0 Å². The first-order valence-corrected chi connectivity index (χ1v) is 8.26. The normalized spacial score (nSPS) is 10.3. The summed E-state index contributed by atoms with van der Waals surface area (Å²) in [6.45, 7) is 0. The van der Waals surface area contributed by atoms with E-state index >= 15 is 0 Å². The number of fused-ring (bicyclic) bond motifs is 1. The van der Waals surface area contributed by atoms with Crippen molar-refractivity contribution >= 4 is 64.0 Å². The van der Waals surface area contributed by atoms with Gasteiger partial charge in [0.25, 0.3) is 0 Å². The SMILES string of the molecule is Cl.Cl.N=C(N)CCCCC/C=C/c1cccc2sc(C(=N)N)cc12. The standard InChI is InChI=1S/C17H22N4S.2ClH/c18-16(19)10-5-3-1-2-4-7-12-8-6-9-14-13(12)11-15(22-14)17(20)21;;/h4,6-9,11H,1-3,5,10H2,(H3,18,19)(H3,20,21);2*1H/b7-4+;;. The molecule has 1 aromatic heterocycles. The summed E-state index contributed by atoms with van der Waals surface area (Å²) in [4.78, 5) is 0.820. The van der Waals surface area contributed by atoms with Crippen LogP contribution >= 0.6 is 36.2 Å². The van der Waals surface area contributed by atoms with Crippen molar-refractivity contribution in [3.63, 3.8) is 0 Å². The smallest absolute Gasteiger partial charge is 0.133 e. The van der Waals surface area contributed by atoms with Gasteiger partial charge in [0.2, 0.25) is 0 Å². The average Bonchev–Trinajstić information content (AvgIpc) is 2.91. The van der Waals surface area contributed by atoms with Crippen LogP contribution in [0, 0.1) is 10.8 Å². The molecule has 0 aliphatic heterocycles. The average molecular weight is 387 g/mol. The van der Waals surface area contributed by atoms with Crippen LogP contribution in [-0.2, 0) is 0 Å². The maximum atomic E-state index is 7.55. The Morgan fingerprint density at radius 3 is 2.50 bits per heavy atom. The predicted octanol–water partition coefficient (Wildman–Crippen LogP) is 4.93. The van der Waals surface area contributed by atoms with Crippen LogP contribution in [0.15, 0.2) is 30.3 Å². The molecule has 0 bridgehead atoms. The Labute approximate surface area is 159 Å². The van der Waals surface area contributed by atoms with Gasteiger partial charge in [0.15, 0.2) is 0 Å². The summed E-state index contributed by atoms with van der Waals surface area (Å²) in [7, 11) is 0. The third-order valence-electron chi connectivity index (χ3n) is 3.47. The quantitative estimate of drug-likeness (QED) is 0.293. The number of nitrogen functional groups attached to an aromatic ring is 1. The molecule has 24 heavy (non-hydrogen) atoms. The van der Waals surface area contributed by atoms with E-state index in [-0.39, 0.29) is 36.5 Å². The van der Waals surface area contributed by atoms with E-state index in [0.29, 0.717) is 6.42 Å². The monoisotopic (exact) mass is 386 g/mol. The van der Waals surface area contributed by atoms with Crippen molar-refractivity contribution in [2.24, 2.45) is 11.5 Å². The van der Waals surface area contributed by atoms with Crippen molar-refractivity contribution in [1.29, 1.82) is 10.8 Å². The van der Waals surface area contributed by atoms with E-state index in [1.807, 2.05) is 12.1 Å². The summed E-state index contributed by atoms with van der Waals surface area (Å²) in [6.07, 6.45) is 9.26. The molecule has 0 amide bonds. The summed E-state index contributed by atoms with van der Waals surface area (Å²) in [5, 5.41) is 15.9. The number of unbranched alkanes of at least 4 members (excludes halogenated alkanes) is 3. The number of thiophene rings is 1. The van der Waals surface area contributed by atoms with Crippen LogP contribution in [0.1, 0.15) is 42.5 Å². The molecule has 2 aromatic rings. The van der Waals surface area contributed by atoms with Gasteiger partial charge < -0.3 is 11.5 Å². The Kier molecular flexibility index (Phi) is 10.4. The molecule has 0 fully saturated rings. The minimum absolute atomic E-state index is 0. The lowest BCUT2D eigenvalue weighted by Crippen LogP contribution is -2.08. The summed E-state index contributed by atoms with van der Waals surface area (Å²) in [5.74, 6) is 0.405. The number of allylic oxidation sites excluding steroid dienone is 1. The second-order valence-electron chi connectivity index (χ2n) is 5.31. The fraction of sp³-hybridized carbons (Fsp3) is 0.294. The van der Waals surface area contributed by atoms with Crippen molar-refractivity contribution in [3.05, 3.63) is 40.8 Å². The molecule has 0 spiro atoms. The number of rotatable bonds is 8. The highest BCUT2D eigenvalue weighted by Crippen LogP contribution is 2.29. The fourth-order valence-electron chi connectivity index (χ4n) is 2.33. The highest BCUT2D eigenvalue weighted by Gasteiger charge is 2.06. The van der Waals surface area contributed by atoms with E-state index in [9.17, 15) is 0 Å². The number of halogens is 2. The Morgan fingerprint density at radius 1 is 1.08 bits per heavy atom. The lowest BCUT2D eigenvalue weighted by molar-refractivity contribution is 0.704. The van der Waals surface area contributed by atoms with Gasteiger partial charge in [-0.15, -0.1) is 36.2 Å². The molecular weight excluding hydrogens is 363 g/mol. The van der Waals surface area contributed by atoms with Crippen molar-refractivity contribution in [2.45, 2.75) is 32.1 Å². The van der Waals surface area contributed by atoms with Crippen molar-refractivity contribution < 1.29 is 0 Å². The van der Waals surface area contributed by atoms with Gasteiger partial charge in [0.05, 0.1) is 10.7 Å². The maximum absolute atomic E-state index is 7.55. The third-order valence-corrected chi connectivity index (χ3v) is 4.61. The number of hydrogen-bond acceptors (Lipinski definition) is 3. The molecular formula is C17H24Cl2N4S. The van der Waals surface area contributed by atoms with Crippen LogP contribution in [0.25, 0.3) is 16.2 Å². The number of benzene rings is 1. The largest absolute Gasteiger partial charge is 0.388 e. The Morgan fingerprint density at radius 2 is 1.83 bits per heavy atom. The lowest BCUT2D eigenvalue weighted by atomic mass is 10.1. The van der Waals surface area contributed by atoms with Crippen LogP contribution in [0.2, 0.25) is 0 Å². The minimum Gasteiger partial charge on any atom is -0.388 e. The topological polar surface area (TPSA) is 99.7 Å². The molecule has 0 saturated carbocycles. The Hall–Kier alpha value is -1.56.